The van der Waals surface area contributed by atoms with Crippen molar-refractivity contribution in [2.75, 3.05) is 0 Å². The number of rotatable bonds is 0. The Labute approximate surface area is 108 Å². The third-order valence-electron chi connectivity index (χ3n) is 2.56. The molecule has 0 atom stereocenters. The Kier molecular flexibility index (Phi) is 3.67. The molecular weight excluding hydrogens is 193 g/mol. The molecule has 3 heteroatoms. The first-order chi connectivity index (χ1) is 6.98. The number of para-hydroxylation sites is 1. The van der Waals surface area contributed by atoms with Crippen LogP contribution in [-0.2, 0) is 5.41 Å². The number of aromatic amines is 1. The van der Waals surface area contributed by atoms with Gasteiger partial charge in [0.25, 0.3) is 0 Å². The monoisotopic (exact) mass is 208 g/mol. The smallest absolute Gasteiger partial charge is 0.868 e. The van der Waals surface area contributed by atoms with Gasteiger partial charge < -0.3 is 5.11 Å². The molecule has 0 aliphatic heterocycles. The van der Waals surface area contributed by atoms with Gasteiger partial charge in [0, 0.05) is 16.9 Å². The average Bonchev–Trinajstić information content (AvgIpc) is 2.16. The zero-order valence-corrected chi connectivity index (χ0v) is 10.3. The first-order valence-corrected chi connectivity index (χ1v) is 5.11. The third kappa shape index (κ3) is 2.40. The van der Waals surface area contributed by atoms with E-state index in [1.165, 1.54) is 0 Å². The van der Waals surface area contributed by atoms with Gasteiger partial charge in [0.05, 0.1) is 0 Å². The Morgan fingerprint density at radius 1 is 1.06 bits per heavy atom. The molecular formula is C13H15LiNO+. The van der Waals surface area contributed by atoms with Gasteiger partial charge in [-0.05, 0) is 17.9 Å². The van der Waals surface area contributed by atoms with Crippen LogP contribution in [0.5, 0.6) is 5.75 Å². The van der Waals surface area contributed by atoms with Gasteiger partial charge in [-0.25, -0.2) is 4.98 Å². The fourth-order valence-electron chi connectivity index (χ4n) is 1.61. The summed E-state index contributed by atoms with van der Waals surface area (Å²) in [6, 6.07) is 9.36. The van der Waals surface area contributed by atoms with Crippen molar-refractivity contribution in [1.29, 1.82) is 0 Å². The average molecular weight is 208 g/mol. The number of nitrogens with one attached hydrogen (secondary N) is 1. The van der Waals surface area contributed by atoms with Crippen molar-refractivity contribution in [2.24, 2.45) is 0 Å². The van der Waals surface area contributed by atoms with Gasteiger partial charge in [0.1, 0.15) is 0 Å². The van der Waals surface area contributed by atoms with Gasteiger partial charge in [-0.3, -0.25) is 0 Å². The number of pyridine rings is 1. The maximum absolute atomic E-state index is 11.6. The summed E-state index contributed by atoms with van der Waals surface area (Å²) < 4.78 is 0. The van der Waals surface area contributed by atoms with E-state index in [0.717, 1.165) is 11.1 Å². The third-order valence-corrected chi connectivity index (χ3v) is 2.56. The SMILES string of the molecule is CC(C)(C)c1ccc2cccc([O-])c2[nH+]1.[Li+]. The largest absolute Gasteiger partial charge is 1.00 e. The molecule has 0 unspecified atom stereocenters. The molecule has 2 rings (SSSR count). The van der Waals surface area contributed by atoms with Crippen molar-refractivity contribution in [1.82, 2.24) is 0 Å². The van der Waals surface area contributed by atoms with E-state index < -0.39 is 0 Å². The van der Waals surface area contributed by atoms with Crippen LogP contribution in [0, 0.1) is 0 Å². The van der Waals surface area contributed by atoms with Crippen molar-refractivity contribution in [3.05, 3.63) is 36.0 Å². The first-order valence-electron chi connectivity index (χ1n) is 5.11. The number of aromatic nitrogens is 1. The van der Waals surface area contributed by atoms with Crippen LogP contribution in [0.4, 0.5) is 0 Å². The minimum atomic E-state index is 0. The Balaban J connectivity index is 0.00000128. The summed E-state index contributed by atoms with van der Waals surface area (Å²) in [6.45, 7) is 6.37. The van der Waals surface area contributed by atoms with Gasteiger partial charge in [-0.2, -0.15) is 0 Å². The van der Waals surface area contributed by atoms with E-state index >= 15 is 0 Å². The molecule has 0 spiro atoms. The van der Waals surface area contributed by atoms with Gasteiger partial charge in [-0.15, -0.1) is 0 Å². The summed E-state index contributed by atoms with van der Waals surface area (Å²) in [7, 11) is 0. The molecule has 0 saturated heterocycles. The molecule has 1 heterocycles. The molecule has 1 N–H and O–H groups in total. The van der Waals surface area contributed by atoms with E-state index in [1.54, 1.807) is 12.1 Å². The molecule has 0 aliphatic carbocycles. The quantitative estimate of drug-likeness (QED) is 0.513. The topological polar surface area (TPSA) is 37.2 Å². The molecule has 0 radical (unpaired) electrons. The number of hydrogen-bond donors (Lipinski definition) is 0. The summed E-state index contributed by atoms with van der Waals surface area (Å²) in [5, 5.41) is 12.6. The standard InChI is InChI=1S/C13H15NO.Li/c1-13(2,3)11-8-7-9-5-4-6-10(15)12(9)14-11;/h4-8,15H,1-3H3;/q;+1. The van der Waals surface area contributed by atoms with Crippen LogP contribution in [0.15, 0.2) is 30.3 Å². The zero-order valence-electron chi connectivity index (χ0n) is 10.3. The van der Waals surface area contributed by atoms with Gasteiger partial charge in [0.2, 0.25) is 5.52 Å². The minimum Gasteiger partial charge on any atom is -0.868 e. The summed E-state index contributed by atoms with van der Waals surface area (Å²) >= 11 is 0. The maximum atomic E-state index is 11.6. The molecule has 0 fully saturated rings. The molecule has 1 aromatic heterocycles. The fourth-order valence-corrected chi connectivity index (χ4v) is 1.61. The van der Waals surface area contributed by atoms with Gasteiger partial charge in [-0.1, -0.05) is 32.9 Å². The van der Waals surface area contributed by atoms with Crippen LogP contribution in [0.25, 0.3) is 10.9 Å². The second kappa shape index (κ2) is 4.49. The fraction of sp³-hybridized carbons (Fsp3) is 0.308. The number of fused-ring (bicyclic) bond motifs is 1. The molecule has 0 amide bonds. The number of benzene rings is 1. The van der Waals surface area contributed by atoms with Crippen molar-refractivity contribution < 1.29 is 29.0 Å². The summed E-state index contributed by atoms with van der Waals surface area (Å²) in [5.41, 5.74) is 1.82. The van der Waals surface area contributed by atoms with Gasteiger partial charge in [0.15, 0.2) is 5.69 Å². The molecule has 2 nitrogen and oxygen atoms in total. The van der Waals surface area contributed by atoms with Crippen LogP contribution in [0.3, 0.4) is 0 Å². The van der Waals surface area contributed by atoms with Crippen molar-refractivity contribution in [2.45, 2.75) is 26.2 Å². The maximum Gasteiger partial charge on any atom is 1.00 e. The summed E-state index contributed by atoms with van der Waals surface area (Å²) in [4.78, 5) is 3.22. The molecule has 16 heavy (non-hydrogen) atoms. The van der Waals surface area contributed by atoms with Crippen LogP contribution in [0.2, 0.25) is 0 Å². The van der Waals surface area contributed by atoms with Crippen LogP contribution in [-0.4, -0.2) is 0 Å². The van der Waals surface area contributed by atoms with Crippen LogP contribution < -0.4 is 29.0 Å². The van der Waals surface area contributed by atoms with Gasteiger partial charge >= 0.3 is 18.9 Å². The zero-order chi connectivity index (χ0) is 11.1. The van der Waals surface area contributed by atoms with Crippen LogP contribution >= 0.6 is 0 Å². The Morgan fingerprint density at radius 2 is 1.75 bits per heavy atom. The van der Waals surface area contributed by atoms with E-state index in [-0.39, 0.29) is 30.0 Å². The molecule has 0 saturated carbocycles. The summed E-state index contributed by atoms with van der Waals surface area (Å²) in [5.74, 6) is 0.0543. The molecule has 1 aromatic carbocycles. The Bertz CT molecular complexity index is 503. The molecule has 0 aliphatic rings. The second-order valence-electron chi connectivity index (χ2n) is 4.84. The van der Waals surface area contributed by atoms with E-state index in [2.05, 4.69) is 25.8 Å². The Hall–Kier alpha value is -0.973. The molecule has 78 valence electrons. The first kappa shape index (κ1) is 13.1. The van der Waals surface area contributed by atoms with E-state index in [4.69, 9.17) is 0 Å². The predicted octanol–water partition coefficient (Wildman–Crippen LogP) is -0.971. The number of H-pyrrole nitrogens is 1. The minimum absolute atomic E-state index is 0. The van der Waals surface area contributed by atoms with Crippen molar-refractivity contribution in [3.8, 4) is 5.75 Å². The van der Waals surface area contributed by atoms with E-state index in [0.29, 0.717) is 5.52 Å². The Morgan fingerprint density at radius 3 is 2.38 bits per heavy atom. The van der Waals surface area contributed by atoms with E-state index in [9.17, 15) is 5.11 Å². The second-order valence-corrected chi connectivity index (χ2v) is 4.84. The number of hydrogen-bond acceptors (Lipinski definition) is 1. The molecule has 2 aromatic rings. The van der Waals surface area contributed by atoms with Crippen molar-refractivity contribution >= 4 is 10.9 Å². The van der Waals surface area contributed by atoms with Crippen LogP contribution in [0.1, 0.15) is 26.5 Å². The van der Waals surface area contributed by atoms with E-state index in [1.807, 2.05) is 18.2 Å². The predicted molar refractivity (Wildman–Crippen MR) is 58.6 cm³/mol. The summed E-state index contributed by atoms with van der Waals surface area (Å²) in [6.07, 6.45) is 0. The molecule has 0 bridgehead atoms. The normalized spacial score (nSPS) is 11.2. The van der Waals surface area contributed by atoms with Crippen molar-refractivity contribution in [3.63, 3.8) is 0 Å².